The van der Waals surface area contributed by atoms with Gasteiger partial charge in [0.25, 0.3) is 0 Å². The maximum atomic E-state index is 12.6. The van der Waals surface area contributed by atoms with E-state index in [-0.39, 0.29) is 5.82 Å². The average molecular weight is 175 g/mol. The van der Waals surface area contributed by atoms with Gasteiger partial charge in [-0.2, -0.15) is 0 Å². The molecule has 0 aromatic carbocycles. The molecule has 1 nitrogen and oxygen atoms in total. The van der Waals surface area contributed by atoms with Gasteiger partial charge in [0.1, 0.15) is 11.5 Å². The molecule has 1 aromatic rings. The van der Waals surface area contributed by atoms with E-state index in [0.29, 0.717) is 11.6 Å². The molecule has 1 fully saturated rings. The molecule has 1 aliphatic rings. The Bertz CT molecular complexity index is 383. The second kappa shape index (κ2) is 3.18. The summed E-state index contributed by atoms with van der Waals surface area (Å²) in [5.74, 6) is 6.34. The number of halogens is 1. The van der Waals surface area contributed by atoms with E-state index in [9.17, 15) is 4.39 Å². The van der Waals surface area contributed by atoms with E-state index >= 15 is 0 Å². The molecule has 0 radical (unpaired) electrons. The molecule has 0 amide bonds. The molecule has 1 aromatic heterocycles. The highest BCUT2D eigenvalue weighted by Gasteiger charge is 2.17. The average Bonchev–Trinajstić information content (AvgIpc) is 2.86. The number of nitrogens with zero attached hydrogens (tertiary/aromatic N) is 1. The minimum absolute atomic E-state index is 0.297. The number of aromatic nitrogens is 1. The van der Waals surface area contributed by atoms with E-state index < -0.39 is 0 Å². The smallest absolute Gasteiger partial charge is 0.141 e. The summed E-state index contributed by atoms with van der Waals surface area (Å²) in [6.07, 6.45) is 3.62. The maximum absolute atomic E-state index is 12.6. The molecular weight excluding hydrogens is 165 g/mol. The van der Waals surface area contributed by atoms with Crippen molar-refractivity contribution >= 4 is 0 Å². The Morgan fingerprint density at radius 1 is 1.54 bits per heavy atom. The molecule has 66 valence electrons. The van der Waals surface area contributed by atoms with Gasteiger partial charge in [-0.25, -0.2) is 9.37 Å². The molecule has 13 heavy (non-hydrogen) atoms. The molecular formula is C11H10FN. The van der Waals surface area contributed by atoms with E-state index in [1.165, 1.54) is 25.1 Å². The third-order valence-corrected chi connectivity index (χ3v) is 2.02. The fraction of sp³-hybridized carbons (Fsp3) is 0.364. The highest BCUT2D eigenvalue weighted by atomic mass is 19.1. The molecule has 0 spiro atoms. The zero-order valence-electron chi connectivity index (χ0n) is 7.47. The fourth-order valence-electron chi connectivity index (χ4n) is 1.07. The van der Waals surface area contributed by atoms with E-state index in [4.69, 9.17) is 0 Å². The van der Waals surface area contributed by atoms with Gasteiger partial charge in [0.15, 0.2) is 0 Å². The minimum Gasteiger partial charge on any atom is -0.244 e. The normalized spacial score (nSPS) is 14.9. The van der Waals surface area contributed by atoms with Crippen LogP contribution < -0.4 is 0 Å². The van der Waals surface area contributed by atoms with Crippen LogP contribution in [-0.4, -0.2) is 4.98 Å². The molecule has 2 rings (SSSR count). The monoisotopic (exact) mass is 175 g/mol. The molecule has 1 heterocycles. The summed E-state index contributed by atoms with van der Waals surface area (Å²) in [7, 11) is 0. The molecule has 1 aliphatic carbocycles. The van der Waals surface area contributed by atoms with Gasteiger partial charge < -0.3 is 0 Å². The number of hydrogen-bond acceptors (Lipinski definition) is 1. The van der Waals surface area contributed by atoms with E-state index in [1.807, 2.05) is 6.92 Å². The van der Waals surface area contributed by atoms with Crippen molar-refractivity contribution in [3.8, 4) is 11.8 Å². The lowest BCUT2D eigenvalue weighted by Gasteiger charge is -1.95. The second-order valence-corrected chi connectivity index (χ2v) is 3.36. The number of hydrogen-bond donors (Lipinski definition) is 0. The predicted molar refractivity (Wildman–Crippen MR) is 48.5 cm³/mol. The Balaban J connectivity index is 2.25. The van der Waals surface area contributed by atoms with Gasteiger partial charge in [-0.05, 0) is 37.3 Å². The topological polar surface area (TPSA) is 12.9 Å². The first-order valence-electron chi connectivity index (χ1n) is 4.39. The van der Waals surface area contributed by atoms with Crippen molar-refractivity contribution in [2.45, 2.75) is 19.8 Å². The third kappa shape index (κ3) is 2.06. The maximum Gasteiger partial charge on any atom is 0.141 e. The predicted octanol–water partition coefficient (Wildman–Crippen LogP) is 2.29. The Morgan fingerprint density at radius 2 is 2.31 bits per heavy atom. The van der Waals surface area contributed by atoms with Crippen LogP contribution >= 0.6 is 0 Å². The van der Waals surface area contributed by atoms with E-state index in [0.717, 1.165) is 5.56 Å². The SMILES string of the molecule is Cc1cc(F)cnc1C#CC1CC1. The van der Waals surface area contributed by atoms with Gasteiger partial charge in [-0.1, -0.05) is 5.92 Å². The number of rotatable bonds is 0. The number of aryl methyl sites for hydroxylation is 1. The fourth-order valence-corrected chi connectivity index (χ4v) is 1.07. The van der Waals surface area contributed by atoms with Crippen molar-refractivity contribution in [1.29, 1.82) is 0 Å². The van der Waals surface area contributed by atoms with Crippen LogP contribution in [0.5, 0.6) is 0 Å². The minimum atomic E-state index is -0.297. The highest BCUT2D eigenvalue weighted by Crippen LogP contribution is 2.27. The summed E-state index contributed by atoms with van der Waals surface area (Å²) in [6.45, 7) is 1.83. The quantitative estimate of drug-likeness (QED) is 0.551. The van der Waals surface area contributed by atoms with Crippen LogP contribution in [-0.2, 0) is 0 Å². The Kier molecular flexibility index (Phi) is 2.02. The van der Waals surface area contributed by atoms with Gasteiger partial charge in [0.2, 0.25) is 0 Å². The summed E-state index contributed by atoms with van der Waals surface area (Å²) >= 11 is 0. The van der Waals surface area contributed by atoms with Crippen molar-refractivity contribution in [1.82, 2.24) is 4.98 Å². The summed E-state index contributed by atoms with van der Waals surface area (Å²) in [4.78, 5) is 3.93. The zero-order chi connectivity index (χ0) is 9.26. The van der Waals surface area contributed by atoms with Crippen LogP contribution in [0.3, 0.4) is 0 Å². The first-order chi connectivity index (χ1) is 6.25. The lowest BCUT2D eigenvalue weighted by Crippen LogP contribution is -1.89. The van der Waals surface area contributed by atoms with Crippen molar-refractivity contribution in [2.75, 3.05) is 0 Å². The largest absolute Gasteiger partial charge is 0.244 e. The molecule has 2 heteroatoms. The van der Waals surface area contributed by atoms with E-state index in [2.05, 4.69) is 16.8 Å². The molecule has 0 aliphatic heterocycles. The Labute approximate surface area is 77.0 Å². The van der Waals surface area contributed by atoms with Crippen molar-refractivity contribution in [3.63, 3.8) is 0 Å². The molecule has 0 atom stereocenters. The van der Waals surface area contributed by atoms with E-state index in [1.54, 1.807) is 0 Å². The highest BCUT2D eigenvalue weighted by molar-refractivity contribution is 5.35. The Morgan fingerprint density at radius 3 is 2.92 bits per heavy atom. The first kappa shape index (κ1) is 8.25. The van der Waals surface area contributed by atoms with Gasteiger partial charge in [0.05, 0.1) is 6.20 Å². The van der Waals surface area contributed by atoms with Crippen LogP contribution in [0.1, 0.15) is 24.1 Å². The lowest BCUT2D eigenvalue weighted by molar-refractivity contribution is 0.619. The molecule has 0 N–H and O–H groups in total. The van der Waals surface area contributed by atoms with Gasteiger partial charge >= 0.3 is 0 Å². The third-order valence-electron chi connectivity index (χ3n) is 2.02. The first-order valence-corrected chi connectivity index (χ1v) is 4.39. The van der Waals surface area contributed by atoms with Crippen molar-refractivity contribution < 1.29 is 4.39 Å². The van der Waals surface area contributed by atoms with Crippen LogP contribution in [0.4, 0.5) is 4.39 Å². The summed E-state index contributed by atoms with van der Waals surface area (Å²) in [5.41, 5.74) is 1.52. The summed E-state index contributed by atoms with van der Waals surface area (Å²) < 4.78 is 12.6. The van der Waals surface area contributed by atoms with Crippen LogP contribution in [0.25, 0.3) is 0 Å². The summed E-state index contributed by atoms with van der Waals surface area (Å²) in [5, 5.41) is 0. The van der Waals surface area contributed by atoms with Crippen LogP contribution in [0.15, 0.2) is 12.3 Å². The van der Waals surface area contributed by atoms with Crippen molar-refractivity contribution in [2.24, 2.45) is 5.92 Å². The molecule has 0 saturated heterocycles. The van der Waals surface area contributed by atoms with Crippen LogP contribution in [0, 0.1) is 30.5 Å². The van der Waals surface area contributed by atoms with Crippen molar-refractivity contribution in [3.05, 3.63) is 29.3 Å². The van der Waals surface area contributed by atoms with Gasteiger partial charge in [-0.3, -0.25) is 0 Å². The Hall–Kier alpha value is -1.36. The summed E-state index contributed by atoms with van der Waals surface area (Å²) in [6, 6.07) is 1.46. The number of pyridine rings is 1. The lowest BCUT2D eigenvalue weighted by atomic mass is 10.2. The zero-order valence-corrected chi connectivity index (χ0v) is 7.47. The van der Waals surface area contributed by atoms with Crippen LogP contribution in [0.2, 0.25) is 0 Å². The van der Waals surface area contributed by atoms with Gasteiger partial charge in [0, 0.05) is 5.92 Å². The second-order valence-electron chi connectivity index (χ2n) is 3.36. The molecule has 0 bridgehead atoms. The standard InChI is InChI=1S/C11H10FN/c1-8-6-10(12)7-13-11(8)5-4-9-2-3-9/h6-7,9H,2-3H2,1H3. The van der Waals surface area contributed by atoms with Gasteiger partial charge in [-0.15, -0.1) is 0 Å². The molecule has 1 saturated carbocycles. The molecule has 0 unspecified atom stereocenters.